The van der Waals surface area contributed by atoms with E-state index in [2.05, 4.69) is 4.72 Å². The van der Waals surface area contributed by atoms with Crippen LogP contribution in [-0.4, -0.2) is 26.7 Å². The molecule has 1 atom stereocenters. The normalized spacial score (nSPS) is 14.5. The van der Waals surface area contributed by atoms with Crippen molar-refractivity contribution in [1.29, 1.82) is 0 Å². The topological polar surface area (TPSA) is 75.6 Å². The summed E-state index contributed by atoms with van der Waals surface area (Å²) in [7, 11) is -3.69. The number of hydrogen-bond acceptors (Lipinski definition) is 5. The van der Waals surface area contributed by atoms with E-state index in [-0.39, 0.29) is 11.4 Å². The fourth-order valence-electron chi connectivity index (χ4n) is 1.97. The van der Waals surface area contributed by atoms with Crippen molar-refractivity contribution in [2.45, 2.75) is 31.3 Å². The molecule has 1 aromatic heterocycles. The highest BCUT2D eigenvalue weighted by atomic mass is 32.2. The summed E-state index contributed by atoms with van der Waals surface area (Å²) in [6.45, 7) is 6.16. The maximum atomic E-state index is 12.4. The van der Waals surface area contributed by atoms with Crippen molar-refractivity contribution in [3.63, 3.8) is 0 Å². The van der Waals surface area contributed by atoms with E-state index in [0.717, 1.165) is 0 Å². The third kappa shape index (κ3) is 5.04. The molecule has 0 fully saturated rings. The SMILES string of the molecule is CC(C)COc1ccc(S(=O)(=O)NCC(C)(O)c2cccs2)cc1. The van der Waals surface area contributed by atoms with Crippen molar-refractivity contribution < 1.29 is 18.3 Å². The van der Waals surface area contributed by atoms with E-state index in [1.165, 1.54) is 23.5 Å². The van der Waals surface area contributed by atoms with Gasteiger partial charge in [-0.25, -0.2) is 13.1 Å². The van der Waals surface area contributed by atoms with E-state index in [1.807, 2.05) is 25.3 Å². The predicted molar refractivity (Wildman–Crippen MR) is 95.9 cm³/mol. The average Bonchev–Trinajstić information content (AvgIpc) is 3.07. The number of hydrogen-bond donors (Lipinski definition) is 2. The van der Waals surface area contributed by atoms with Crippen molar-refractivity contribution in [3.8, 4) is 5.75 Å². The van der Waals surface area contributed by atoms with E-state index >= 15 is 0 Å². The first-order valence-electron chi connectivity index (χ1n) is 7.69. The molecular weight excluding hydrogens is 346 g/mol. The Morgan fingerprint density at radius 3 is 2.46 bits per heavy atom. The van der Waals surface area contributed by atoms with Gasteiger partial charge in [-0.2, -0.15) is 0 Å². The third-order valence-electron chi connectivity index (χ3n) is 3.38. The average molecular weight is 370 g/mol. The minimum absolute atomic E-state index is 0.0958. The quantitative estimate of drug-likeness (QED) is 0.750. The first-order chi connectivity index (χ1) is 11.2. The van der Waals surface area contributed by atoms with Crippen LogP contribution in [0.2, 0.25) is 0 Å². The molecule has 132 valence electrons. The van der Waals surface area contributed by atoms with Gasteiger partial charge in [-0.05, 0) is 48.6 Å². The summed E-state index contributed by atoms with van der Waals surface area (Å²) in [5.41, 5.74) is -1.25. The Hall–Kier alpha value is -1.41. The van der Waals surface area contributed by atoms with Gasteiger partial charge in [-0.1, -0.05) is 19.9 Å². The van der Waals surface area contributed by atoms with E-state index in [4.69, 9.17) is 4.74 Å². The molecule has 0 aliphatic rings. The van der Waals surface area contributed by atoms with E-state index in [1.54, 1.807) is 25.1 Å². The number of aliphatic hydroxyl groups is 1. The highest BCUT2D eigenvalue weighted by Gasteiger charge is 2.27. The molecule has 0 aliphatic carbocycles. The van der Waals surface area contributed by atoms with Gasteiger partial charge in [0.1, 0.15) is 11.4 Å². The summed E-state index contributed by atoms with van der Waals surface area (Å²) in [5, 5.41) is 12.3. The Kier molecular flexibility index (Phi) is 6.03. The Balaban J connectivity index is 2.02. The number of benzene rings is 1. The molecule has 5 nitrogen and oxygen atoms in total. The van der Waals surface area contributed by atoms with Crippen LogP contribution in [0.15, 0.2) is 46.7 Å². The van der Waals surface area contributed by atoms with Crippen LogP contribution in [0.25, 0.3) is 0 Å². The fraction of sp³-hybridized carbons (Fsp3) is 0.412. The smallest absolute Gasteiger partial charge is 0.240 e. The van der Waals surface area contributed by atoms with Crippen molar-refractivity contribution in [3.05, 3.63) is 46.7 Å². The van der Waals surface area contributed by atoms with Crippen molar-refractivity contribution in [2.75, 3.05) is 13.2 Å². The Bertz CT molecular complexity index is 735. The maximum Gasteiger partial charge on any atom is 0.240 e. The van der Waals surface area contributed by atoms with Gasteiger partial charge >= 0.3 is 0 Å². The predicted octanol–water partition coefficient (Wildman–Crippen LogP) is 2.97. The molecule has 1 heterocycles. The number of ether oxygens (including phenoxy) is 1. The first-order valence-corrected chi connectivity index (χ1v) is 10.1. The monoisotopic (exact) mass is 369 g/mol. The first kappa shape index (κ1) is 18.9. The summed E-state index contributed by atoms with van der Waals surface area (Å²) in [6, 6.07) is 9.86. The van der Waals surface area contributed by atoms with Crippen molar-refractivity contribution in [2.24, 2.45) is 5.92 Å². The van der Waals surface area contributed by atoms with Gasteiger partial charge in [0.05, 0.1) is 11.5 Å². The molecule has 1 unspecified atom stereocenters. The van der Waals surface area contributed by atoms with Gasteiger partial charge in [-0.15, -0.1) is 11.3 Å². The van der Waals surface area contributed by atoms with E-state index in [0.29, 0.717) is 23.2 Å². The molecule has 0 saturated heterocycles. The molecular formula is C17H23NO4S2. The van der Waals surface area contributed by atoms with Crippen LogP contribution < -0.4 is 9.46 Å². The zero-order valence-corrected chi connectivity index (χ0v) is 15.7. The van der Waals surface area contributed by atoms with Crippen LogP contribution in [-0.2, 0) is 15.6 Å². The molecule has 2 aromatic rings. The second kappa shape index (κ2) is 7.65. The molecule has 24 heavy (non-hydrogen) atoms. The minimum atomic E-state index is -3.69. The molecule has 0 radical (unpaired) electrons. The number of sulfonamides is 1. The van der Waals surface area contributed by atoms with Crippen LogP contribution in [0.4, 0.5) is 0 Å². The summed E-state index contributed by atoms with van der Waals surface area (Å²) >= 11 is 1.38. The Labute approximate surface area is 147 Å². The maximum absolute atomic E-state index is 12.4. The molecule has 0 saturated carbocycles. The molecule has 1 aromatic carbocycles. The lowest BCUT2D eigenvalue weighted by Gasteiger charge is -2.22. The lowest BCUT2D eigenvalue weighted by Crippen LogP contribution is -2.38. The standard InChI is InChI=1S/C17H23NO4S2/c1-13(2)11-22-14-6-8-15(9-7-14)24(20,21)18-12-17(3,19)16-5-4-10-23-16/h4-10,13,18-19H,11-12H2,1-3H3. The van der Waals surface area contributed by atoms with Crippen LogP contribution >= 0.6 is 11.3 Å². The fourth-order valence-corrected chi connectivity index (χ4v) is 3.89. The second-order valence-electron chi connectivity index (χ2n) is 6.25. The molecule has 7 heteroatoms. The van der Waals surface area contributed by atoms with Gasteiger partial charge < -0.3 is 9.84 Å². The third-order valence-corrected chi connectivity index (χ3v) is 5.92. The lowest BCUT2D eigenvalue weighted by molar-refractivity contribution is 0.0666. The molecule has 0 amide bonds. The van der Waals surface area contributed by atoms with Crippen molar-refractivity contribution >= 4 is 21.4 Å². The minimum Gasteiger partial charge on any atom is -0.493 e. The molecule has 0 bridgehead atoms. The van der Waals surface area contributed by atoms with E-state index < -0.39 is 15.6 Å². The largest absolute Gasteiger partial charge is 0.493 e. The van der Waals surface area contributed by atoms with Crippen LogP contribution in [0.3, 0.4) is 0 Å². The molecule has 2 N–H and O–H groups in total. The Morgan fingerprint density at radius 2 is 1.92 bits per heavy atom. The molecule has 0 aliphatic heterocycles. The summed E-state index contributed by atoms with van der Waals surface area (Å²) < 4.78 is 32.7. The summed E-state index contributed by atoms with van der Waals surface area (Å²) in [5.74, 6) is 1.03. The van der Waals surface area contributed by atoms with E-state index in [9.17, 15) is 13.5 Å². The van der Waals surface area contributed by atoms with Gasteiger partial charge in [0.25, 0.3) is 0 Å². The zero-order chi connectivity index (χ0) is 17.8. The van der Waals surface area contributed by atoms with Gasteiger partial charge in [0, 0.05) is 11.4 Å². The zero-order valence-electron chi connectivity index (χ0n) is 14.0. The number of nitrogens with one attached hydrogen (secondary N) is 1. The van der Waals surface area contributed by atoms with Gasteiger partial charge in [0.2, 0.25) is 10.0 Å². The number of rotatable bonds is 8. The molecule has 2 rings (SSSR count). The summed E-state index contributed by atoms with van der Waals surface area (Å²) in [6.07, 6.45) is 0. The second-order valence-corrected chi connectivity index (χ2v) is 8.97. The highest BCUT2D eigenvalue weighted by molar-refractivity contribution is 7.89. The lowest BCUT2D eigenvalue weighted by atomic mass is 10.1. The van der Waals surface area contributed by atoms with Gasteiger partial charge in [0.15, 0.2) is 0 Å². The molecule has 0 spiro atoms. The van der Waals surface area contributed by atoms with Crippen LogP contribution in [0.5, 0.6) is 5.75 Å². The van der Waals surface area contributed by atoms with Gasteiger partial charge in [-0.3, -0.25) is 0 Å². The Morgan fingerprint density at radius 1 is 1.25 bits per heavy atom. The van der Waals surface area contributed by atoms with Crippen molar-refractivity contribution in [1.82, 2.24) is 4.72 Å². The summed E-state index contributed by atoms with van der Waals surface area (Å²) in [4.78, 5) is 0.851. The highest BCUT2D eigenvalue weighted by Crippen LogP contribution is 2.25. The van der Waals surface area contributed by atoms with Crippen LogP contribution in [0, 0.1) is 5.92 Å². The van der Waals surface area contributed by atoms with Crippen LogP contribution in [0.1, 0.15) is 25.6 Å². The number of thiophene rings is 1.